The number of carbonyl (C=O) groups is 1. The second kappa shape index (κ2) is 7.78. The predicted octanol–water partition coefficient (Wildman–Crippen LogP) is 5.42. The Morgan fingerprint density at radius 3 is 2.24 bits per heavy atom. The van der Waals surface area contributed by atoms with Gasteiger partial charge in [-0.1, -0.05) is 35.5 Å². The number of rotatable bonds is 5. The minimum atomic E-state index is 0.00756. The van der Waals surface area contributed by atoms with Gasteiger partial charge in [0.15, 0.2) is 5.12 Å². The van der Waals surface area contributed by atoms with Gasteiger partial charge in [0.05, 0.1) is 11.7 Å². The maximum atomic E-state index is 11.5. The van der Waals surface area contributed by atoms with E-state index in [1.54, 1.807) is 25.8 Å². The molecule has 2 aromatic carbocycles. The number of ether oxygens (including phenoxy) is 1. The van der Waals surface area contributed by atoms with E-state index in [4.69, 9.17) is 16.3 Å². The zero-order valence-corrected chi connectivity index (χ0v) is 14.1. The van der Waals surface area contributed by atoms with E-state index in [0.29, 0.717) is 5.02 Å². The molecule has 0 saturated heterocycles. The fourth-order valence-electron chi connectivity index (χ4n) is 1.71. The van der Waals surface area contributed by atoms with Crippen LogP contribution in [0.5, 0.6) is 5.75 Å². The molecular formula is C16H15ClO2S2. The Morgan fingerprint density at radius 1 is 1.10 bits per heavy atom. The van der Waals surface area contributed by atoms with Crippen LogP contribution in [0, 0.1) is 0 Å². The van der Waals surface area contributed by atoms with E-state index in [1.165, 1.54) is 11.8 Å². The topological polar surface area (TPSA) is 26.3 Å². The summed E-state index contributed by atoms with van der Waals surface area (Å²) in [5.41, 5.74) is 1.07. The standard InChI is InChI=1S/C16H15ClO2S2/c1-11(18)20-16(12-3-5-13(17)6-4-12)21-15-9-7-14(19-2)8-10-15/h3-10,16H,1-2H3. The van der Waals surface area contributed by atoms with E-state index in [0.717, 1.165) is 16.2 Å². The summed E-state index contributed by atoms with van der Waals surface area (Å²) in [6.07, 6.45) is 0. The van der Waals surface area contributed by atoms with Crippen LogP contribution in [0.15, 0.2) is 53.4 Å². The summed E-state index contributed by atoms with van der Waals surface area (Å²) in [5.74, 6) is 0.821. The molecule has 0 bridgehead atoms. The highest BCUT2D eigenvalue weighted by molar-refractivity contribution is 8.24. The van der Waals surface area contributed by atoms with Gasteiger partial charge >= 0.3 is 0 Å². The smallest absolute Gasteiger partial charge is 0.187 e. The molecule has 110 valence electrons. The summed E-state index contributed by atoms with van der Waals surface area (Å²) in [6, 6.07) is 15.4. The van der Waals surface area contributed by atoms with Crippen molar-refractivity contribution in [1.29, 1.82) is 0 Å². The molecule has 0 N–H and O–H groups in total. The number of carbonyl (C=O) groups excluding carboxylic acids is 1. The molecule has 5 heteroatoms. The lowest BCUT2D eigenvalue weighted by Gasteiger charge is -2.15. The van der Waals surface area contributed by atoms with Gasteiger partial charge in [0.1, 0.15) is 5.75 Å². The molecule has 0 aliphatic carbocycles. The fraction of sp³-hybridized carbons (Fsp3) is 0.188. The SMILES string of the molecule is COc1ccc(SC(SC(C)=O)c2ccc(Cl)cc2)cc1. The number of methoxy groups -OCH3 is 1. The molecule has 0 aromatic heterocycles. The summed E-state index contributed by atoms with van der Waals surface area (Å²) in [4.78, 5) is 12.6. The summed E-state index contributed by atoms with van der Waals surface area (Å²) < 4.78 is 5.16. The Kier molecular flexibility index (Phi) is 6.03. The van der Waals surface area contributed by atoms with Gasteiger partial charge in [0, 0.05) is 16.8 Å². The number of benzene rings is 2. The van der Waals surface area contributed by atoms with Crippen LogP contribution in [-0.2, 0) is 4.79 Å². The summed E-state index contributed by atoms with van der Waals surface area (Å²) >= 11 is 8.87. The van der Waals surface area contributed by atoms with E-state index in [1.807, 2.05) is 48.5 Å². The van der Waals surface area contributed by atoms with Crippen LogP contribution >= 0.6 is 35.1 Å². The Hall–Kier alpha value is -1.10. The van der Waals surface area contributed by atoms with Crippen molar-refractivity contribution in [3.63, 3.8) is 0 Å². The lowest BCUT2D eigenvalue weighted by Crippen LogP contribution is -1.93. The molecule has 0 heterocycles. The molecule has 0 fully saturated rings. The van der Waals surface area contributed by atoms with E-state index in [-0.39, 0.29) is 9.70 Å². The van der Waals surface area contributed by atoms with Gasteiger partial charge in [-0.05, 0) is 42.0 Å². The van der Waals surface area contributed by atoms with Gasteiger partial charge in [-0.25, -0.2) is 0 Å². The number of hydrogen-bond donors (Lipinski definition) is 0. The Labute approximate surface area is 138 Å². The zero-order chi connectivity index (χ0) is 15.2. The highest BCUT2D eigenvalue weighted by Gasteiger charge is 2.16. The molecule has 1 atom stereocenters. The van der Waals surface area contributed by atoms with Crippen LogP contribution in [0.25, 0.3) is 0 Å². The van der Waals surface area contributed by atoms with Crippen molar-refractivity contribution in [2.45, 2.75) is 16.4 Å². The van der Waals surface area contributed by atoms with Gasteiger partial charge in [0.25, 0.3) is 0 Å². The Bertz CT molecular complexity index is 597. The van der Waals surface area contributed by atoms with E-state index >= 15 is 0 Å². The molecule has 2 rings (SSSR count). The zero-order valence-electron chi connectivity index (χ0n) is 11.7. The van der Waals surface area contributed by atoms with E-state index in [2.05, 4.69) is 0 Å². The molecule has 0 aliphatic rings. The molecule has 1 unspecified atom stereocenters. The van der Waals surface area contributed by atoms with Gasteiger partial charge < -0.3 is 4.74 Å². The van der Waals surface area contributed by atoms with Crippen molar-refractivity contribution in [3.8, 4) is 5.75 Å². The third kappa shape index (κ3) is 4.99. The minimum absolute atomic E-state index is 0.00756. The third-order valence-corrected chi connectivity index (χ3v) is 5.40. The maximum absolute atomic E-state index is 11.5. The average Bonchev–Trinajstić information content (AvgIpc) is 2.48. The number of thioether (sulfide) groups is 2. The summed E-state index contributed by atoms with van der Waals surface area (Å²) in [7, 11) is 1.64. The molecule has 2 nitrogen and oxygen atoms in total. The first-order valence-corrected chi connectivity index (χ1v) is 8.45. The van der Waals surface area contributed by atoms with Crippen LogP contribution < -0.4 is 4.74 Å². The maximum Gasteiger partial charge on any atom is 0.187 e. The van der Waals surface area contributed by atoms with Crippen molar-refractivity contribution in [2.24, 2.45) is 0 Å². The predicted molar refractivity (Wildman–Crippen MR) is 91.3 cm³/mol. The minimum Gasteiger partial charge on any atom is -0.497 e. The molecule has 0 aliphatic heterocycles. The van der Waals surface area contributed by atoms with Crippen LogP contribution in [0.2, 0.25) is 5.02 Å². The second-order valence-corrected chi connectivity index (χ2v) is 7.48. The lowest BCUT2D eigenvalue weighted by atomic mass is 10.2. The molecule has 2 aromatic rings. The molecular weight excluding hydrogens is 324 g/mol. The highest BCUT2D eigenvalue weighted by atomic mass is 35.5. The van der Waals surface area contributed by atoms with Crippen molar-refractivity contribution in [3.05, 3.63) is 59.1 Å². The van der Waals surface area contributed by atoms with Crippen LogP contribution in [-0.4, -0.2) is 12.2 Å². The van der Waals surface area contributed by atoms with Crippen molar-refractivity contribution in [2.75, 3.05) is 7.11 Å². The first-order chi connectivity index (χ1) is 10.1. The van der Waals surface area contributed by atoms with Gasteiger partial charge in [-0.3, -0.25) is 4.79 Å². The molecule has 0 spiro atoms. The van der Waals surface area contributed by atoms with Crippen LogP contribution in [0.4, 0.5) is 0 Å². The third-order valence-electron chi connectivity index (χ3n) is 2.72. The quantitative estimate of drug-likeness (QED) is 0.537. The van der Waals surface area contributed by atoms with Gasteiger partial charge in [-0.2, -0.15) is 0 Å². The van der Waals surface area contributed by atoms with Gasteiger partial charge in [0.2, 0.25) is 0 Å². The summed E-state index contributed by atoms with van der Waals surface area (Å²) in [6.45, 7) is 1.59. The van der Waals surface area contributed by atoms with Crippen LogP contribution in [0.3, 0.4) is 0 Å². The summed E-state index contributed by atoms with van der Waals surface area (Å²) in [5, 5.41) is 0.788. The monoisotopic (exact) mass is 338 g/mol. The lowest BCUT2D eigenvalue weighted by molar-refractivity contribution is -0.109. The molecule has 21 heavy (non-hydrogen) atoms. The van der Waals surface area contributed by atoms with E-state index < -0.39 is 0 Å². The number of hydrogen-bond acceptors (Lipinski definition) is 4. The molecule has 0 radical (unpaired) electrons. The van der Waals surface area contributed by atoms with Crippen molar-refractivity contribution < 1.29 is 9.53 Å². The van der Waals surface area contributed by atoms with Crippen molar-refractivity contribution in [1.82, 2.24) is 0 Å². The molecule has 0 amide bonds. The average molecular weight is 339 g/mol. The van der Waals surface area contributed by atoms with Crippen LogP contribution in [0.1, 0.15) is 17.1 Å². The first kappa shape index (κ1) is 16.3. The van der Waals surface area contributed by atoms with Gasteiger partial charge in [-0.15, -0.1) is 11.8 Å². The first-order valence-electron chi connectivity index (χ1n) is 6.32. The molecule has 0 saturated carbocycles. The Morgan fingerprint density at radius 2 is 1.71 bits per heavy atom. The van der Waals surface area contributed by atoms with E-state index in [9.17, 15) is 4.79 Å². The normalized spacial score (nSPS) is 12.0. The fourth-order valence-corrected chi connectivity index (χ4v) is 4.20. The number of halogens is 1. The van der Waals surface area contributed by atoms with Crippen molar-refractivity contribution >= 4 is 40.2 Å². The Balaban J connectivity index is 2.19. The largest absolute Gasteiger partial charge is 0.497 e. The highest BCUT2D eigenvalue weighted by Crippen LogP contribution is 2.44. The second-order valence-electron chi connectivity index (χ2n) is 4.29.